The summed E-state index contributed by atoms with van der Waals surface area (Å²) in [5, 5.41) is 2.95. The molecule has 5 nitrogen and oxygen atoms in total. The Morgan fingerprint density at radius 3 is 2.62 bits per heavy atom. The van der Waals surface area contributed by atoms with Crippen LogP contribution in [0.1, 0.15) is 22.5 Å². The van der Waals surface area contributed by atoms with Crippen molar-refractivity contribution in [3.63, 3.8) is 0 Å². The number of hydrogen-bond acceptors (Lipinski definition) is 5. The Morgan fingerprint density at radius 1 is 1.52 bits per heavy atom. The quantitative estimate of drug-likeness (QED) is 0.872. The number of thiophene rings is 1. The van der Waals surface area contributed by atoms with Crippen LogP contribution >= 0.6 is 11.3 Å². The fraction of sp³-hybridized carbons (Fsp3) is 0.583. The van der Waals surface area contributed by atoms with E-state index in [1.807, 2.05) is 0 Å². The van der Waals surface area contributed by atoms with Gasteiger partial charge in [0.2, 0.25) is 0 Å². The van der Waals surface area contributed by atoms with E-state index in [2.05, 4.69) is 5.32 Å². The lowest BCUT2D eigenvalue weighted by molar-refractivity contribution is -0.119. The molecule has 3 N–H and O–H groups in total. The third kappa shape index (κ3) is 3.72. The first-order valence-corrected chi connectivity index (χ1v) is 7.09. The highest BCUT2D eigenvalue weighted by Crippen LogP contribution is 2.45. The number of methoxy groups -OCH3 is 1. The predicted molar refractivity (Wildman–Crippen MR) is 75.1 cm³/mol. The molecular formula is C12H16F3N3O2S. The van der Waals surface area contributed by atoms with Crippen LogP contribution in [0.15, 0.2) is 0 Å². The van der Waals surface area contributed by atoms with Crippen molar-refractivity contribution >= 4 is 27.9 Å². The first-order valence-electron chi connectivity index (χ1n) is 6.28. The smallest absolute Gasteiger partial charge is 0.405 e. The summed E-state index contributed by atoms with van der Waals surface area (Å²) < 4.78 is 42.5. The zero-order valence-electron chi connectivity index (χ0n) is 11.6. The van der Waals surface area contributed by atoms with Crippen molar-refractivity contribution in [1.29, 1.82) is 0 Å². The number of rotatable bonds is 5. The Balaban J connectivity index is 2.26. The Hall–Kier alpha value is -1.64. The molecule has 1 aliphatic carbocycles. The van der Waals surface area contributed by atoms with Crippen molar-refractivity contribution in [3.05, 3.63) is 4.88 Å². The minimum Gasteiger partial charge on any atom is -0.492 e. The van der Waals surface area contributed by atoms with Crippen molar-refractivity contribution < 1.29 is 22.7 Å². The van der Waals surface area contributed by atoms with Crippen LogP contribution in [0.2, 0.25) is 0 Å². The van der Waals surface area contributed by atoms with E-state index in [0.717, 1.165) is 29.1 Å². The molecule has 0 atom stereocenters. The summed E-state index contributed by atoms with van der Waals surface area (Å²) in [5.74, 6) is -0.266. The number of nitrogens with zero attached hydrogens (tertiary/aromatic N) is 1. The van der Waals surface area contributed by atoms with Crippen molar-refractivity contribution in [2.45, 2.75) is 25.1 Å². The highest BCUT2D eigenvalue weighted by atomic mass is 32.1. The van der Waals surface area contributed by atoms with Crippen LogP contribution in [0.5, 0.6) is 5.75 Å². The van der Waals surface area contributed by atoms with Crippen molar-refractivity contribution in [1.82, 2.24) is 5.32 Å². The molecule has 1 amide bonds. The molecule has 0 aromatic carbocycles. The molecule has 21 heavy (non-hydrogen) atoms. The van der Waals surface area contributed by atoms with Gasteiger partial charge in [-0.05, 0) is 12.8 Å². The number of alkyl halides is 3. The van der Waals surface area contributed by atoms with Gasteiger partial charge in [-0.15, -0.1) is 11.3 Å². The SMILES string of the molecule is COc1c(N(C)CC(F)(F)F)sc(C(=O)NC2CC2)c1N. The van der Waals surface area contributed by atoms with Gasteiger partial charge < -0.3 is 20.7 Å². The topological polar surface area (TPSA) is 67.6 Å². The molecule has 1 fully saturated rings. The number of carbonyl (C=O) groups is 1. The summed E-state index contributed by atoms with van der Waals surface area (Å²) in [6.07, 6.45) is -2.53. The third-order valence-electron chi connectivity index (χ3n) is 2.97. The van der Waals surface area contributed by atoms with Crippen molar-refractivity contribution in [2.75, 3.05) is 31.3 Å². The largest absolute Gasteiger partial charge is 0.492 e. The molecule has 0 spiro atoms. The highest BCUT2D eigenvalue weighted by Gasteiger charge is 2.33. The number of nitrogens with two attached hydrogens (primary N) is 1. The lowest BCUT2D eigenvalue weighted by Crippen LogP contribution is -2.30. The first kappa shape index (κ1) is 15.7. The molecule has 9 heteroatoms. The Kier molecular flexibility index (Phi) is 4.22. The number of amides is 1. The van der Waals surface area contributed by atoms with Crippen LogP contribution in [0, 0.1) is 0 Å². The van der Waals surface area contributed by atoms with Crippen molar-refractivity contribution in [2.24, 2.45) is 0 Å². The number of carbonyl (C=O) groups excluding carboxylic acids is 1. The molecule has 0 aliphatic heterocycles. The molecule has 1 aromatic rings. The van der Waals surface area contributed by atoms with Gasteiger partial charge in [0.15, 0.2) is 5.75 Å². The van der Waals surface area contributed by atoms with Crippen LogP contribution in [-0.4, -0.2) is 38.8 Å². The average Bonchev–Trinajstić information content (AvgIpc) is 3.08. The molecule has 0 bridgehead atoms. The van der Waals surface area contributed by atoms with E-state index in [-0.39, 0.29) is 33.3 Å². The van der Waals surface area contributed by atoms with Gasteiger partial charge in [-0.3, -0.25) is 4.79 Å². The van der Waals surface area contributed by atoms with E-state index < -0.39 is 12.7 Å². The molecule has 2 rings (SSSR count). The standard InChI is InChI=1S/C12H16F3N3O2S/c1-18(5-12(13,14)15)11-8(20-2)7(16)9(21-11)10(19)17-6-3-4-6/h6H,3-5,16H2,1-2H3,(H,17,19). The summed E-state index contributed by atoms with van der Waals surface area (Å²) in [7, 11) is 2.59. The van der Waals surface area contributed by atoms with Gasteiger partial charge in [0, 0.05) is 13.1 Å². The van der Waals surface area contributed by atoms with Crippen LogP contribution in [0.4, 0.5) is 23.9 Å². The summed E-state index contributed by atoms with van der Waals surface area (Å²) in [4.78, 5) is 13.2. The molecule has 118 valence electrons. The number of hydrogen-bond donors (Lipinski definition) is 2. The third-order valence-corrected chi connectivity index (χ3v) is 4.27. The Bertz CT molecular complexity index is 541. The Morgan fingerprint density at radius 2 is 2.14 bits per heavy atom. The fourth-order valence-electron chi connectivity index (χ4n) is 1.85. The van der Waals surface area contributed by atoms with Gasteiger partial charge in [0.25, 0.3) is 5.91 Å². The van der Waals surface area contributed by atoms with Crippen LogP contribution < -0.4 is 20.7 Å². The van der Waals surface area contributed by atoms with Gasteiger partial charge in [-0.1, -0.05) is 0 Å². The molecule has 1 saturated carbocycles. The van der Waals surface area contributed by atoms with E-state index >= 15 is 0 Å². The second kappa shape index (κ2) is 5.63. The van der Waals surface area contributed by atoms with E-state index in [1.54, 1.807) is 0 Å². The molecule has 1 aliphatic rings. The van der Waals surface area contributed by atoms with Crippen LogP contribution in [-0.2, 0) is 0 Å². The molecule has 0 radical (unpaired) electrons. The summed E-state index contributed by atoms with van der Waals surface area (Å²) in [5.41, 5.74) is 5.90. The minimum atomic E-state index is -4.35. The Labute approximate surface area is 123 Å². The second-order valence-electron chi connectivity index (χ2n) is 4.90. The van der Waals surface area contributed by atoms with E-state index in [0.29, 0.717) is 0 Å². The molecule has 1 aromatic heterocycles. The minimum absolute atomic E-state index is 0.0738. The lowest BCUT2D eigenvalue weighted by atomic mass is 10.3. The maximum atomic E-state index is 12.5. The maximum Gasteiger partial charge on any atom is 0.405 e. The number of ether oxygens (including phenoxy) is 1. The normalized spacial score (nSPS) is 14.9. The van der Waals surface area contributed by atoms with Crippen LogP contribution in [0.3, 0.4) is 0 Å². The predicted octanol–water partition coefficient (Wildman–Crippen LogP) is 2.23. The number of anilines is 2. The average molecular weight is 323 g/mol. The van der Waals surface area contributed by atoms with E-state index in [9.17, 15) is 18.0 Å². The van der Waals surface area contributed by atoms with Gasteiger partial charge in [-0.2, -0.15) is 13.2 Å². The number of nitrogens with one attached hydrogen (secondary N) is 1. The van der Waals surface area contributed by atoms with Gasteiger partial charge in [0.1, 0.15) is 22.1 Å². The highest BCUT2D eigenvalue weighted by molar-refractivity contribution is 7.19. The molecule has 0 unspecified atom stereocenters. The summed E-state index contributed by atoms with van der Waals surface area (Å²) >= 11 is 0.901. The van der Waals surface area contributed by atoms with E-state index in [1.165, 1.54) is 14.2 Å². The van der Waals surface area contributed by atoms with Crippen molar-refractivity contribution in [3.8, 4) is 5.75 Å². The molecular weight excluding hydrogens is 307 g/mol. The zero-order chi connectivity index (χ0) is 15.8. The molecule has 0 saturated heterocycles. The summed E-state index contributed by atoms with van der Waals surface area (Å²) in [6, 6.07) is 0.140. The second-order valence-corrected chi connectivity index (χ2v) is 5.90. The maximum absolute atomic E-state index is 12.5. The summed E-state index contributed by atoms with van der Waals surface area (Å²) in [6.45, 7) is -1.15. The zero-order valence-corrected chi connectivity index (χ0v) is 12.4. The van der Waals surface area contributed by atoms with Crippen LogP contribution in [0.25, 0.3) is 0 Å². The number of nitrogen functional groups attached to an aromatic ring is 1. The van der Waals surface area contributed by atoms with E-state index in [4.69, 9.17) is 10.5 Å². The fourth-order valence-corrected chi connectivity index (χ4v) is 2.91. The van der Waals surface area contributed by atoms with Gasteiger partial charge >= 0.3 is 6.18 Å². The molecule has 1 heterocycles. The monoisotopic (exact) mass is 323 g/mol. The van der Waals surface area contributed by atoms with Gasteiger partial charge in [0.05, 0.1) is 7.11 Å². The lowest BCUT2D eigenvalue weighted by Gasteiger charge is -2.20. The number of halogens is 3. The first-order chi connectivity index (χ1) is 9.73. The van der Waals surface area contributed by atoms with Gasteiger partial charge in [-0.25, -0.2) is 0 Å².